The van der Waals surface area contributed by atoms with Gasteiger partial charge in [-0.3, -0.25) is 0 Å². The van der Waals surface area contributed by atoms with Crippen molar-refractivity contribution in [1.82, 2.24) is 0 Å². The zero-order valence-corrected chi connectivity index (χ0v) is 13.9. The van der Waals surface area contributed by atoms with Crippen molar-refractivity contribution >= 4 is 18.1 Å². The molecule has 10 heteroatoms. The molecule has 0 aliphatic rings. The van der Waals surface area contributed by atoms with Crippen LogP contribution < -0.4 is 0 Å². The van der Waals surface area contributed by atoms with Crippen molar-refractivity contribution in [2.24, 2.45) is 0 Å². The third-order valence-corrected chi connectivity index (χ3v) is 6.75. The molecule has 0 rings (SSSR count). The number of hydrogen-bond acceptors (Lipinski definition) is 7. The van der Waals surface area contributed by atoms with Gasteiger partial charge < -0.3 is 30.7 Å². The Morgan fingerprint density at radius 1 is 0.500 bits per heavy atom. The van der Waals surface area contributed by atoms with Gasteiger partial charge in [-0.05, 0) is 0 Å². The van der Waals surface area contributed by atoms with Gasteiger partial charge in [0.05, 0.1) is 0 Å². The van der Waals surface area contributed by atoms with E-state index in [0.717, 1.165) is 0 Å². The first-order valence-corrected chi connectivity index (χ1v) is 7.35. The zero-order chi connectivity index (χ0) is 11.9. The minimum Gasteiger partial charge on any atom is -0.355 e. The van der Waals surface area contributed by atoms with Gasteiger partial charge in [0.25, 0.3) is 0 Å². The Balaban J connectivity index is 0. The molecule has 0 aliphatic heterocycles. The fraction of sp³-hybridized carbons (Fsp3) is 1.00. The average Bonchev–Trinajstić information content (AvgIpc) is 2.33. The van der Waals surface area contributed by atoms with Crippen molar-refractivity contribution in [3.63, 3.8) is 0 Å². The first-order valence-electron chi connectivity index (χ1n) is 4.08. The van der Waals surface area contributed by atoms with Crippen molar-refractivity contribution in [3.8, 4) is 0 Å². The van der Waals surface area contributed by atoms with Gasteiger partial charge in [0.1, 0.15) is 0 Å². The fourth-order valence-corrected chi connectivity index (χ4v) is 5.13. The van der Waals surface area contributed by atoms with Crippen LogP contribution >= 0.6 is 0 Å². The van der Waals surface area contributed by atoms with E-state index in [1.165, 1.54) is 42.7 Å². The molecule has 0 aromatic heterocycles. The number of hydrogen-bond donors (Lipinski definition) is 0. The Morgan fingerprint density at radius 2 is 0.688 bits per heavy atom. The topological polar surface area (TPSA) is 64.6 Å². The minimum absolute atomic E-state index is 0. The van der Waals surface area contributed by atoms with E-state index < -0.39 is 18.1 Å². The van der Waals surface area contributed by atoms with Crippen molar-refractivity contribution in [3.05, 3.63) is 0 Å². The number of rotatable bonds is 8. The van der Waals surface area contributed by atoms with Crippen LogP contribution in [0.15, 0.2) is 0 Å². The Morgan fingerprint density at radius 3 is 0.812 bits per heavy atom. The predicted molar refractivity (Wildman–Crippen MR) is 54.6 cm³/mol. The van der Waals surface area contributed by atoms with Gasteiger partial charge in [-0.25, -0.2) is 0 Å². The van der Waals surface area contributed by atoms with Crippen LogP contribution in [0.1, 0.15) is 0 Å². The van der Waals surface area contributed by atoms with Gasteiger partial charge in [-0.1, -0.05) is 0 Å². The Bertz CT molecular complexity index is 142. The van der Waals surface area contributed by atoms with E-state index in [1.54, 1.807) is 0 Å². The van der Waals surface area contributed by atoms with Crippen molar-refractivity contribution in [1.29, 1.82) is 0 Å². The molecule has 0 bridgehead atoms. The van der Waals surface area contributed by atoms with Crippen LogP contribution in [0.25, 0.3) is 0 Å². The van der Waals surface area contributed by atoms with E-state index in [9.17, 15) is 0 Å². The maximum Gasteiger partial charge on any atom is 0.673 e. The maximum absolute atomic E-state index is 5.47. The van der Waals surface area contributed by atoms with Gasteiger partial charge in [0.15, 0.2) is 0 Å². The predicted octanol–water partition coefficient (Wildman–Crippen LogP) is -0.250. The molecule has 0 unspecified atom stereocenters. The third-order valence-electron chi connectivity index (χ3n) is 1.75. The summed E-state index contributed by atoms with van der Waals surface area (Å²) in [7, 11) is 2.04. The maximum atomic E-state index is 5.47. The van der Waals surface area contributed by atoms with E-state index in [1.807, 2.05) is 0 Å². The summed E-state index contributed by atoms with van der Waals surface area (Å²) in [5.41, 5.74) is 0. The molecule has 0 spiro atoms. The first kappa shape index (κ1) is 19.2. The second-order valence-electron chi connectivity index (χ2n) is 2.33. The molecule has 16 heavy (non-hydrogen) atoms. The van der Waals surface area contributed by atoms with E-state index in [0.29, 0.717) is 0 Å². The van der Waals surface area contributed by atoms with E-state index in [4.69, 9.17) is 30.7 Å². The smallest absolute Gasteiger partial charge is 0.355 e. The van der Waals surface area contributed by atoms with Crippen LogP contribution in [0.5, 0.6) is 0 Å². The molecular weight excluding hydrogens is 288 g/mol. The molecule has 0 aromatic rings. The second kappa shape index (κ2) is 8.89. The first-order chi connectivity index (χ1) is 7.07. The van der Waals surface area contributed by atoms with Crippen LogP contribution in [0, 0.1) is 0 Å². The molecule has 0 fully saturated rings. The summed E-state index contributed by atoms with van der Waals surface area (Å²) in [6.07, 6.45) is 0. The molecule has 0 heterocycles. The molecular formula is C6H18O7Si2Ti. The second-order valence-corrected chi connectivity index (χ2v) is 7.59. The molecule has 96 valence electrons. The summed E-state index contributed by atoms with van der Waals surface area (Å²) in [6, 6.07) is 0. The summed E-state index contributed by atoms with van der Waals surface area (Å²) >= 11 is 0. The quantitative estimate of drug-likeness (QED) is 0.573. The van der Waals surface area contributed by atoms with E-state index in [2.05, 4.69) is 0 Å². The Kier molecular flexibility index (Phi) is 10.7. The van der Waals surface area contributed by atoms with Crippen LogP contribution in [0.3, 0.4) is 0 Å². The summed E-state index contributed by atoms with van der Waals surface area (Å²) in [5.74, 6) is 0. The van der Waals surface area contributed by atoms with Gasteiger partial charge in [-0.2, -0.15) is 0 Å². The van der Waals surface area contributed by atoms with Crippen molar-refractivity contribution < 1.29 is 52.4 Å². The Labute approximate surface area is 113 Å². The van der Waals surface area contributed by atoms with Crippen molar-refractivity contribution in [2.75, 3.05) is 42.7 Å². The summed E-state index contributed by atoms with van der Waals surface area (Å²) in [6.45, 7) is 0. The molecule has 0 saturated carbocycles. The summed E-state index contributed by atoms with van der Waals surface area (Å²) in [5, 5.41) is 0. The fourth-order valence-electron chi connectivity index (χ4n) is 0.903. The van der Waals surface area contributed by atoms with Gasteiger partial charge >= 0.3 is 18.1 Å². The SMILES string of the molecule is CO[Si](OC)(OC)O[Si](OC)(OC)OC.[Ti]. The molecule has 0 aromatic carbocycles. The normalized spacial score (nSPS) is 12.4. The van der Waals surface area contributed by atoms with Gasteiger partial charge in [0, 0.05) is 64.4 Å². The molecule has 0 amide bonds. The molecule has 0 radical (unpaired) electrons. The van der Waals surface area contributed by atoms with Crippen molar-refractivity contribution in [2.45, 2.75) is 0 Å². The molecule has 0 atom stereocenters. The molecule has 0 N–H and O–H groups in total. The largest absolute Gasteiger partial charge is 0.673 e. The minimum atomic E-state index is -3.23. The molecule has 0 aliphatic carbocycles. The van der Waals surface area contributed by atoms with Crippen LogP contribution in [0.4, 0.5) is 0 Å². The Hall–Kier alpha value is 0.868. The van der Waals surface area contributed by atoms with Gasteiger partial charge in [-0.15, -0.1) is 0 Å². The molecule has 7 nitrogen and oxygen atoms in total. The zero-order valence-electron chi connectivity index (χ0n) is 10.4. The van der Waals surface area contributed by atoms with Gasteiger partial charge in [0.2, 0.25) is 0 Å². The summed E-state index contributed by atoms with van der Waals surface area (Å²) < 4.78 is 35.9. The summed E-state index contributed by atoms with van der Waals surface area (Å²) in [4.78, 5) is 0. The van der Waals surface area contributed by atoms with E-state index in [-0.39, 0.29) is 21.7 Å². The monoisotopic (exact) mass is 306 g/mol. The average molecular weight is 306 g/mol. The standard InChI is InChI=1S/C6H18O7Si2.Ti/c1-7-14(8-2,9-3)13-15(10-4,11-5)12-6;/h1-6H3;. The molecule has 0 saturated heterocycles. The van der Waals surface area contributed by atoms with Crippen LogP contribution in [-0.4, -0.2) is 60.8 Å². The third kappa shape index (κ3) is 4.62. The van der Waals surface area contributed by atoms with E-state index >= 15 is 0 Å². The van der Waals surface area contributed by atoms with Crippen LogP contribution in [0.2, 0.25) is 0 Å². The van der Waals surface area contributed by atoms with Crippen LogP contribution in [-0.2, 0) is 52.4 Å².